The first-order chi connectivity index (χ1) is 5.74. The molecular weight excluding hydrogens is 148 g/mol. The molecule has 0 aromatic heterocycles. The van der Waals surface area contributed by atoms with Crippen molar-refractivity contribution in [3.05, 3.63) is 36.1 Å². The second-order valence-corrected chi connectivity index (χ2v) is 1.92. The predicted molar refractivity (Wildman–Crippen MR) is 56.6 cm³/mol. The summed E-state index contributed by atoms with van der Waals surface area (Å²) in [6, 6.07) is 0. The zero-order valence-corrected chi connectivity index (χ0v) is 8.30. The minimum Gasteiger partial charge on any atom is -0.399 e. The minimum atomic E-state index is 0.484. The van der Waals surface area contributed by atoms with Gasteiger partial charge in [-0.05, 0) is 18.6 Å². The molecular formula is C10H20N2. The molecule has 0 heterocycles. The molecule has 0 aliphatic rings. The highest BCUT2D eigenvalue weighted by molar-refractivity contribution is 5.27. The number of rotatable bonds is 3. The maximum Gasteiger partial charge on any atom is 0.0273 e. The summed E-state index contributed by atoms with van der Waals surface area (Å²) in [6.45, 7) is 9.95. The van der Waals surface area contributed by atoms with Gasteiger partial charge in [-0.1, -0.05) is 32.6 Å². The van der Waals surface area contributed by atoms with Crippen molar-refractivity contribution in [3.63, 3.8) is 0 Å². The summed E-state index contributed by atoms with van der Waals surface area (Å²) >= 11 is 0. The van der Waals surface area contributed by atoms with Crippen molar-refractivity contribution in [1.82, 2.24) is 0 Å². The SMILES string of the molecule is C=C/C(=C\C(N)=C/C)CN.CC. The van der Waals surface area contributed by atoms with Crippen LogP contribution in [0, 0.1) is 0 Å². The Morgan fingerprint density at radius 1 is 1.42 bits per heavy atom. The van der Waals surface area contributed by atoms with E-state index in [9.17, 15) is 0 Å². The van der Waals surface area contributed by atoms with Crippen LogP contribution in [-0.4, -0.2) is 6.54 Å². The molecule has 0 saturated carbocycles. The van der Waals surface area contributed by atoms with Crippen LogP contribution in [-0.2, 0) is 0 Å². The van der Waals surface area contributed by atoms with E-state index in [1.54, 1.807) is 6.08 Å². The highest BCUT2D eigenvalue weighted by atomic mass is 14.6. The molecule has 0 aliphatic carbocycles. The molecule has 0 amide bonds. The zero-order valence-electron chi connectivity index (χ0n) is 8.30. The summed E-state index contributed by atoms with van der Waals surface area (Å²) in [4.78, 5) is 0. The molecule has 0 saturated heterocycles. The molecule has 0 radical (unpaired) electrons. The third-order valence-electron chi connectivity index (χ3n) is 1.18. The van der Waals surface area contributed by atoms with Gasteiger partial charge in [0.25, 0.3) is 0 Å². The van der Waals surface area contributed by atoms with Crippen LogP contribution in [0.4, 0.5) is 0 Å². The second kappa shape index (κ2) is 9.98. The van der Waals surface area contributed by atoms with Gasteiger partial charge in [0.1, 0.15) is 0 Å². The van der Waals surface area contributed by atoms with E-state index in [4.69, 9.17) is 11.5 Å². The molecule has 12 heavy (non-hydrogen) atoms. The van der Waals surface area contributed by atoms with E-state index in [2.05, 4.69) is 6.58 Å². The van der Waals surface area contributed by atoms with E-state index in [0.717, 1.165) is 11.3 Å². The number of hydrogen-bond donors (Lipinski definition) is 2. The zero-order chi connectivity index (χ0) is 9.98. The van der Waals surface area contributed by atoms with Gasteiger partial charge in [0, 0.05) is 12.2 Å². The molecule has 0 fully saturated rings. The number of nitrogens with two attached hydrogens (primary N) is 2. The summed E-state index contributed by atoms with van der Waals surface area (Å²) in [5.74, 6) is 0. The maximum atomic E-state index is 5.51. The van der Waals surface area contributed by atoms with Gasteiger partial charge in [0.15, 0.2) is 0 Å². The van der Waals surface area contributed by atoms with E-state index < -0.39 is 0 Å². The van der Waals surface area contributed by atoms with Crippen LogP contribution in [0.1, 0.15) is 20.8 Å². The quantitative estimate of drug-likeness (QED) is 0.633. The van der Waals surface area contributed by atoms with E-state index in [1.807, 2.05) is 32.9 Å². The van der Waals surface area contributed by atoms with Crippen molar-refractivity contribution in [3.8, 4) is 0 Å². The summed E-state index contributed by atoms with van der Waals surface area (Å²) in [5.41, 5.74) is 12.5. The summed E-state index contributed by atoms with van der Waals surface area (Å²) in [5, 5.41) is 0. The lowest BCUT2D eigenvalue weighted by molar-refractivity contribution is 1.18. The average molecular weight is 168 g/mol. The lowest BCUT2D eigenvalue weighted by Crippen LogP contribution is -2.03. The maximum absolute atomic E-state index is 5.51. The van der Waals surface area contributed by atoms with Gasteiger partial charge < -0.3 is 11.5 Å². The van der Waals surface area contributed by atoms with Crippen LogP contribution in [0.25, 0.3) is 0 Å². The van der Waals surface area contributed by atoms with Crippen LogP contribution >= 0.6 is 0 Å². The van der Waals surface area contributed by atoms with Crippen molar-refractivity contribution in [2.45, 2.75) is 20.8 Å². The predicted octanol–water partition coefficient (Wildman–Crippen LogP) is 1.95. The summed E-state index contributed by atoms with van der Waals surface area (Å²) in [6.07, 6.45) is 5.34. The van der Waals surface area contributed by atoms with E-state index in [1.165, 1.54) is 0 Å². The molecule has 0 aromatic rings. The van der Waals surface area contributed by atoms with Gasteiger partial charge in [-0.3, -0.25) is 0 Å². The lowest BCUT2D eigenvalue weighted by atomic mass is 10.2. The number of hydrogen-bond acceptors (Lipinski definition) is 2. The smallest absolute Gasteiger partial charge is 0.0273 e. The monoisotopic (exact) mass is 168 g/mol. The Kier molecular flexibility index (Phi) is 11.3. The van der Waals surface area contributed by atoms with Gasteiger partial charge in [-0.15, -0.1) is 0 Å². The Labute approximate surface area is 75.6 Å². The Balaban J connectivity index is 0. The van der Waals surface area contributed by atoms with Gasteiger partial charge in [-0.2, -0.15) is 0 Å². The van der Waals surface area contributed by atoms with Crippen LogP contribution in [0.2, 0.25) is 0 Å². The third kappa shape index (κ3) is 7.09. The molecule has 2 heteroatoms. The fourth-order valence-corrected chi connectivity index (χ4v) is 0.499. The first kappa shape index (κ1) is 13.6. The highest BCUT2D eigenvalue weighted by Crippen LogP contribution is 1.96. The fraction of sp³-hybridized carbons (Fsp3) is 0.400. The van der Waals surface area contributed by atoms with Gasteiger partial charge in [0.2, 0.25) is 0 Å². The molecule has 0 aliphatic heterocycles. The second-order valence-electron chi connectivity index (χ2n) is 1.92. The van der Waals surface area contributed by atoms with Gasteiger partial charge in [0.05, 0.1) is 0 Å². The molecule has 0 rings (SSSR count). The third-order valence-corrected chi connectivity index (χ3v) is 1.18. The van der Waals surface area contributed by atoms with Crippen molar-refractivity contribution in [2.24, 2.45) is 11.5 Å². The molecule has 0 bridgehead atoms. The van der Waals surface area contributed by atoms with Crippen LogP contribution in [0.15, 0.2) is 36.1 Å². The largest absolute Gasteiger partial charge is 0.399 e. The molecule has 0 aromatic carbocycles. The van der Waals surface area contributed by atoms with Crippen molar-refractivity contribution in [1.29, 1.82) is 0 Å². The Morgan fingerprint density at radius 3 is 2.17 bits per heavy atom. The van der Waals surface area contributed by atoms with Gasteiger partial charge >= 0.3 is 0 Å². The van der Waals surface area contributed by atoms with Crippen LogP contribution < -0.4 is 11.5 Å². The summed E-state index contributed by atoms with van der Waals surface area (Å²) < 4.78 is 0. The van der Waals surface area contributed by atoms with Crippen molar-refractivity contribution >= 4 is 0 Å². The lowest BCUT2D eigenvalue weighted by Gasteiger charge is -1.95. The van der Waals surface area contributed by atoms with Crippen LogP contribution in [0.5, 0.6) is 0 Å². The fourth-order valence-electron chi connectivity index (χ4n) is 0.499. The van der Waals surface area contributed by atoms with Crippen molar-refractivity contribution < 1.29 is 0 Å². The Hall–Kier alpha value is -1.02. The Morgan fingerprint density at radius 2 is 1.92 bits per heavy atom. The molecule has 70 valence electrons. The minimum absolute atomic E-state index is 0.484. The van der Waals surface area contributed by atoms with Crippen molar-refractivity contribution in [2.75, 3.05) is 6.54 Å². The average Bonchev–Trinajstić information content (AvgIpc) is 2.16. The first-order valence-corrected chi connectivity index (χ1v) is 4.19. The number of allylic oxidation sites excluding steroid dienone is 2. The molecule has 2 nitrogen and oxygen atoms in total. The normalized spacial score (nSPS) is 11.7. The topological polar surface area (TPSA) is 52.0 Å². The highest BCUT2D eigenvalue weighted by Gasteiger charge is 1.86. The summed E-state index contributed by atoms with van der Waals surface area (Å²) in [7, 11) is 0. The van der Waals surface area contributed by atoms with Gasteiger partial charge in [-0.25, -0.2) is 0 Å². The van der Waals surface area contributed by atoms with E-state index in [-0.39, 0.29) is 0 Å². The molecule has 0 unspecified atom stereocenters. The van der Waals surface area contributed by atoms with E-state index >= 15 is 0 Å². The first-order valence-electron chi connectivity index (χ1n) is 4.19. The molecule has 0 spiro atoms. The molecule has 0 atom stereocenters. The Bertz CT molecular complexity index is 167. The van der Waals surface area contributed by atoms with E-state index in [0.29, 0.717) is 6.54 Å². The molecule has 4 N–H and O–H groups in total. The van der Waals surface area contributed by atoms with Crippen LogP contribution in [0.3, 0.4) is 0 Å². The standard InChI is InChI=1S/C8H14N2.C2H6/c1-3-7(6-9)5-8(10)4-2;1-2/h3-5H,1,6,9-10H2,2H3;1-2H3/b7-5+,8-4+;.